The van der Waals surface area contributed by atoms with Crippen molar-refractivity contribution in [2.45, 2.75) is 32.4 Å². The van der Waals surface area contributed by atoms with E-state index in [9.17, 15) is 5.11 Å². The summed E-state index contributed by atoms with van der Waals surface area (Å²) in [4.78, 5) is 8.54. The van der Waals surface area contributed by atoms with E-state index in [2.05, 4.69) is 44.6 Å². The van der Waals surface area contributed by atoms with Gasteiger partial charge in [0, 0.05) is 11.8 Å². The first-order valence-corrected chi connectivity index (χ1v) is 9.23. The minimum Gasteiger partial charge on any atom is -0.388 e. The van der Waals surface area contributed by atoms with Crippen LogP contribution in [0.4, 0.5) is 5.82 Å². The van der Waals surface area contributed by atoms with Crippen molar-refractivity contribution >= 4 is 11.6 Å². The molecule has 0 fully saturated rings. The molecule has 0 spiro atoms. The summed E-state index contributed by atoms with van der Waals surface area (Å²) in [7, 11) is 0. The van der Waals surface area contributed by atoms with Crippen LogP contribution in [-0.4, -0.2) is 30.3 Å². The fourth-order valence-corrected chi connectivity index (χ4v) is 3.35. The van der Waals surface area contributed by atoms with Gasteiger partial charge in [-0.1, -0.05) is 54.6 Å². The topological polar surface area (TPSA) is 75.3 Å². The number of hydrogen-bond acceptors (Lipinski definition) is 5. The van der Waals surface area contributed by atoms with E-state index in [4.69, 9.17) is 0 Å². The van der Waals surface area contributed by atoms with Gasteiger partial charge in [0.2, 0.25) is 0 Å². The van der Waals surface area contributed by atoms with Gasteiger partial charge in [-0.05, 0) is 37.5 Å². The second kappa shape index (κ2) is 7.05. The summed E-state index contributed by atoms with van der Waals surface area (Å²) < 4.78 is 1.64. The lowest BCUT2D eigenvalue weighted by molar-refractivity contribution is 0.0587. The second-order valence-electron chi connectivity index (χ2n) is 7.47. The Balaban J connectivity index is 1.70. The monoisotopic (exact) mass is 373 g/mol. The lowest BCUT2D eigenvalue weighted by Gasteiger charge is -2.31. The molecule has 0 saturated heterocycles. The highest BCUT2D eigenvalue weighted by molar-refractivity contribution is 5.63. The molecule has 0 aliphatic carbocycles. The lowest BCUT2D eigenvalue weighted by Crippen LogP contribution is -2.35. The van der Waals surface area contributed by atoms with E-state index >= 15 is 0 Å². The lowest BCUT2D eigenvalue weighted by atomic mass is 9.90. The molecule has 2 N–H and O–H groups in total. The Kier molecular flexibility index (Phi) is 4.57. The van der Waals surface area contributed by atoms with Gasteiger partial charge >= 0.3 is 0 Å². The smallest absolute Gasteiger partial charge is 0.254 e. The predicted molar refractivity (Wildman–Crippen MR) is 110 cm³/mol. The highest BCUT2D eigenvalue weighted by atomic mass is 16.3. The molecule has 28 heavy (non-hydrogen) atoms. The van der Waals surface area contributed by atoms with Crippen LogP contribution in [0, 0.1) is 6.92 Å². The summed E-state index contributed by atoms with van der Waals surface area (Å²) in [6.07, 6.45) is 1.47. The molecular formula is C22H23N5O. The Labute approximate surface area is 163 Å². The van der Waals surface area contributed by atoms with Gasteiger partial charge in [0.1, 0.15) is 12.1 Å². The minimum absolute atomic E-state index is 0.341. The van der Waals surface area contributed by atoms with Crippen molar-refractivity contribution < 1.29 is 5.11 Å². The predicted octanol–water partition coefficient (Wildman–Crippen LogP) is 4.02. The van der Waals surface area contributed by atoms with Crippen LogP contribution in [0.1, 0.15) is 31.1 Å². The van der Waals surface area contributed by atoms with E-state index in [1.54, 1.807) is 18.4 Å². The molecule has 4 aromatic rings. The maximum atomic E-state index is 10.8. The Bertz CT molecular complexity index is 1080. The van der Waals surface area contributed by atoms with Gasteiger partial charge < -0.3 is 10.4 Å². The Hall–Kier alpha value is -3.25. The van der Waals surface area contributed by atoms with Gasteiger partial charge in [-0.25, -0.2) is 4.98 Å². The van der Waals surface area contributed by atoms with E-state index in [1.165, 1.54) is 6.33 Å². The summed E-state index contributed by atoms with van der Waals surface area (Å²) in [5, 5.41) is 18.5. The fourth-order valence-electron chi connectivity index (χ4n) is 3.35. The molecule has 4 rings (SSSR count). The van der Waals surface area contributed by atoms with Crippen LogP contribution < -0.4 is 5.32 Å². The fraction of sp³-hybridized carbons (Fsp3) is 0.227. The summed E-state index contributed by atoms with van der Waals surface area (Å²) >= 11 is 0. The van der Waals surface area contributed by atoms with Gasteiger partial charge in [0.05, 0.1) is 11.6 Å². The number of nitrogens with one attached hydrogen (secondary N) is 1. The van der Waals surface area contributed by atoms with Gasteiger partial charge in [-0.15, -0.1) is 0 Å². The Morgan fingerprint density at radius 1 is 1.00 bits per heavy atom. The zero-order chi connectivity index (χ0) is 19.7. The average Bonchev–Trinajstić information content (AvgIpc) is 3.14. The normalized spacial score (nSPS) is 12.9. The number of aromatic nitrogens is 4. The molecule has 2 aromatic carbocycles. The highest BCUT2D eigenvalue weighted by Gasteiger charge is 2.29. The number of aliphatic hydroxyl groups is 1. The van der Waals surface area contributed by atoms with E-state index in [0.717, 1.165) is 28.2 Å². The number of fused-ring (bicyclic) bond motifs is 1. The van der Waals surface area contributed by atoms with Crippen molar-refractivity contribution in [1.82, 2.24) is 19.6 Å². The molecular weight excluding hydrogens is 350 g/mol. The molecule has 6 nitrogen and oxygen atoms in total. The first kappa shape index (κ1) is 18.1. The van der Waals surface area contributed by atoms with E-state index in [1.807, 2.05) is 43.3 Å². The van der Waals surface area contributed by atoms with Crippen molar-refractivity contribution in [3.8, 4) is 11.1 Å². The van der Waals surface area contributed by atoms with Gasteiger partial charge in [-0.2, -0.15) is 14.6 Å². The maximum absolute atomic E-state index is 10.8. The van der Waals surface area contributed by atoms with Crippen LogP contribution in [0.3, 0.4) is 0 Å². The third kappa shape index (κ3) is 3.59. The molecule has 0 amide bonds. The Morgan fingerprint density at radius 3 is 2.36 bits per heavy atom. The molecule has 0 radical (unpaired) electrons. The van der Waals surface area contributed by atoms with Gasteiger partial charge in [0.15, 0.2) is 0 Å². The zero-order valence-corrected chi connectivity index (χ0v) is 16.2. The molecule has 0 bridgehead atoms. The molecule has 142 valence electrons. The summed E-state index contributed by atoms with van der Waals surface area (Å²) in [6.45, 7) is 5.50. The molecule has 1 unspecified atom stereocenters. The number of aryl methyl sites for hydroxylation is 1. The standard InChI is InChI=1S/C22H23N5O/c1-15-13-19(27-21(25-15)23-14-24-27)26-20(22(2,3)28)18-11-9-17(10-12-18)16-7-5-4-6-8-16/h4-14,20,26,28H,1-3H3. The molecule has 0 aliphatic rings. The van der Waals surface area contributed by atoms with E-state index < -0.39 is 5.60 Å². The molecule has 2 aromatic heterocycles. The summed E-state index contributed by atoms with van der Waals surface area (Å²) in [5.41, 5.74) is 3.11. The van der Waals surface area contributed by atoms with Crippen LogP contribution in [0.15, 0.2) is 67.0 Å². The van der Waals surface area contributed by atoms with E-state index in [-0.39, 0.29) is 6.04 Å². The largest absolute Gasteiger partial charge is 0.388 e. The highest BCUT2D eigenvalue weighted by Crippen LogP contribution is 2.31. The van der Waals surface area contributed by atoms with Crippen LogP contribution in [0.5, 0.6) is 0 Å². The minimum atomic E-state index is -1.00. The van der Waals surface area contributed by atoms with Gasteiger partial charge in [0.25, 0.3) is 5.78 Å². The molecule has 0 aliphatic heterocycles. The van der Waals surface area contributed by atoms with Crippen molar-refractivity contribution in [1.29, 1.82) is 0 Å². The average molecular weight is 373 g/mol. The third-order valence-electron chi connectivity index (χ3n) is 4.73. The number of rotatable bonds is 5. The molecule has 2 heterocycles. The zero-order valence-electron chi connectivity index (χ0n) is 16.2. The first-order valence-electron chi connectivity index (χ1n) is 9.23. The molecule has 0 saturated carbocycles. The SMILES string of the molecule is Cc1cc(NC(c2ccc(-c3ccccc3)cc2)C(C)(C)O)n2ncnc2n1. The first-order chi connectivity index (χ1) is 13.4. The number of nitrogens with zero attached hydrogens (tertiary/aromatic N) is 4. The quantitative estimate of drug-likeness (QED) is 0.552. The van der Waals surface area contributed by atoms with Crippen molar-refractivity contribution in [3.63, 3.8) is 0 Å². The van der Waals surface area contributed by atoms with E-state index in [0.29, 0.717) is 5.78 Å². The summed E-state index contributed by atoms with van der Waals surface area (Å²) in [6, 6.07) is 20.0. The Morgan fingerprint density at radius 2 is 1.68 bits per heavy atom. The summed E-state index contributed by atoms with van der Waals surface area (Å²) in [5.74, 6) is 1.26. The molecule has 6 heteroatoms. The third-order valence-corrected chi connectivity index (χ3v) is 4.73. The van der Waals surface area contributed by atoms with Crippen molar-refractivity contribution in [2.75, 3.05) is 5.32 Å². The van der Waals surface area contributed by atoms with Crippen LogP contribution in [0.25, 0.3) is 16.9 Å². The van der Waals surface area contributed by atoms with Gasteiger partial charge in [-0.3, -0.25) is 0 Å². The second-order valence-corrected chi connectivity index (χ2v) is 7.47. The van der Waals surface area contributed by atoms with Crippen LogP contribution in [-0.2, 0) is 0 Å². The van der Waals surface area contributed by atoms with Crippen LogP contribution >= 0.6 is 0 Å². The molecule has 1 atom stereocenters. The maximum Gasteiger partial charge on any atom is 0.254 e. The number of hydrogen-bond donors (Lipinski definition) is 2. The van der Waals surface area contributed by atoms with Crippen LogP contribution in [0.2, 0.25) is 0 Å². The van der Waals surface area contributed by atoms with Crippen molar-refractivity contribution in [2.24, 2.45) is 0 Å². The van der Waals surface area contributed by atoms with Crippen molar-refractivity contribution in [3.05, 3.63) is 78.2 Å². The number of anilines is 1. The number of benzene rings is 2.